The number of amides is 1. The quantitative estimate of drug-likeness (QED) is 0.453. The third-order valence-electron chi connectivity index (χ3n) is 5.91. The van der Waals surface area contributed by atoms with E-state index in [1.807, 2.05) is 42.5 Å². The molecule has 1 aliphatic carbocycles. The van der Waals surface area contributed by atoms with Gasteiger partial charge in [-0.2, -0.15) is 0 Å². The van der Waals surface area contributed by atoms with Crippen molar-refractivity contribution in [3.63, 3.8) is 0 Å². The molecule has 34 heavy (non-hydrogen) atoms. The van der Waals surface area contributed by atoms with Crippen LogP contribution in [0.4, 0.5) is 4.39 Å². The first-order valence-electron chi connectivity index (χ1n) is 11.2. The lowest BCUT2D eigenvalue weighted by atomic mass is 9.91. The fourth-order valence-corrected chi connectivity index (χ4v) is 4.04. The van der Waals surface area contributed by atoms with Crippen LogP contribution < -0.4 is 15.8 Å². The van der Waals surface area contributed by atoms with Gasteiger partial charge in [-0.15, -0.1) is 12.4 Å². The van der Waals surface area contributed by atoms with Gasteiger partial charge in [0.2, 0.25) is 5.88 Å². The number of hydrogen-bond donors (Lipinski definition) is 3. The second-order valence-corrected chi connectivity index (χ2v) is 8.39. The smallest absolute Gasteiger partial charge is 0.257 e. The predicted octanol–water partition coefficient (Wildman–Crippen LogP) is 4.64. The number of benzene rings is 2. The minimum atomic E-state index is -0.602. The Bertz CT molecular complexity index is 1100. The summed E-state index contributed by atoms with van der Waals surface area (Å²) in [7, 11) is 0. The van der Waals surface area contributed by atoms with Crippen LogP contribution >= 0.6 is 12.4 Å². The summed E-state index contributed by atoms with van der Waals surface area (Å²) in [5.74, 6) is -0.469. The third-order valence-corrected chi connectivity index (χ3v) is 5.91. The number of nitrogens with one attached hydrogen (secondary N) is 1. The molecule has 1 aromatic heterocycles. The van der Waals surface area contributed by atoms with Crippen LogP contribution in [0, 0.1) is 5.82 Å². The molecule has 0 atom stereocenters. The lowest BCUT2D eigenvalue weighted by Gasteiger charge is -2.27. The van der Waals surface area contributed by atoms with Crippen LogP contribution in [-0.2, 0) is 6.42 Å². The van der Waals surface area contributed by atoms with E-state index in [0.29, 0.717) is 12.2 Å². The normalized spacial score (nSPS) is 17.5. The number of pyridine rings is 1. The first kappa shape index (κ1) is 25.6. The number of aliphatic hydroxyl groups excluding tert-OH is 1. The van der Waals surface area contributed by atoms with Crippen molar-refractivity contribution in [1.82, 2.24) is 10.3 Å². The Morgan fingerprint density at radius 3 is 2.53 bits per heavy atom. The standard InChI is InChI=1S/C26H28FN3O3.ClH/c27-20-15-24(25(32)30-22-10-8-21(28)9-11-22)26(29-16-20)33-23-3-1-2-19(14-23)18-6-4-17(5-7-18)12-13-31;/h1-7,14-16,21-22,31H,8-13,28H2,(H,30,32);1H/t21-,22-;. The third kappa shape index (κ3) is 6.53. The van der Waals surface area contributed by atoms with E-state index >= 15 is 0 Å². The van der Waals surface area contributed by atoms with Gasteiger partial charge in [-0.25, -0.2) is 9.37 Å². The molecule has 1 aliphatic rings. The molecule has 0 radical (unpaired) electrons. The number of rotatable bonds is 7. The Balaban J connectivity index is 0.00000324. The number of ether oxygens (including phenoxy) is 1. The molecule has 0 spiro atoms. The summed E-state index contributed by atoms with van der Waals surface area (Å²) in [5, 5.41) is 12.0. The van der Waals surface area contributed by atoms with Gasteiger partial charge in [0.15, 0.2) is 0 Å². The second kappa shape index (κ2) is 11.9. The average molecular weight is 486 g/mol. The molecular formula is C26H29ClFN3O3. The maximum atomic E-state index is 13.9. The molecule has 6 nitrogen and oxygen atoms in total. The van der Waals surface area contributed by atoms with Gasteiger partial charge in [0, 0.05) is 18.7 Å². The van der Waals surface area contributed by atoms with E-state index in [1.54, 1.807) is 6.07 Å². The monoisotopic (exact) mass is 485 g/mol. The van der Waals surface area contributed by atoms with Crippen molar-refractivity contribution in [2.24, 2.45) is 5.73 Å². The van der Waals surface area contributed by atoms with E-state index in [0.717, 1.165) is 54.6 Å². The van der Waals surface area contributed by atoms with Gasteiger partial charge in [-0.1, -0.05) is 36.4 Å². The maximum Gasteiger partial charge on any atom is 0.257 e. The Labute approximate surface area is 204 Å². The number of carbonyl (C=O) groups excluding carboxylic acids is 1. The Kier molecular flexibility index (Phi) is 8.98. The van der Waals surface area contributed by atoms with Crippen molar-refractivity contribution >= 4 is 18.3 Å². The lowest BCUT2D eigenvalue weighted by molar-refractivity contribution is 0.0922. The van der Waals surface area contributed by atoms with Gasteiger partial charge < -0.3 is 20.9 Å². The SMILES string of the molecule is Cl.N[C@H]1CC[C@H](NC(=O)c2cc(F)cnc2Oc2cccc(-c3ccc(CCO)cc3)c2)CC1. The summed E-state index contributed by atoms with van der Waals surface area (Å²) in [6, 6.07) is 16.6. The highest BCUT2D eigenvalue weighted by atomic mass is 35.5. The minimum Gasteiger partial charge on any atom is -0.438 e. The van der Waals surface area contributed by atoms with Gasteiger partial charge in [0.1, 0.15) is 17.1 Å². The highest BCUT2D eigenvalue weighted by molar-refractivity contribution is 5.96. The van der Waals surface area contributed by atoms with Gasteiger partial charge in [-0.05, 0) is 67.0 Å². The molecule has 1 heterocycles. The first-order valence-corrected chi connectivity index (χ1v) is 11.2. The number of carbonyl (C=O) groups is 1. The van der Waals surface area contributed by atoms with Crippen LogP contribution in [0.2, 0.25) is 0 Å². The van der Waals surface area contributed by atoms with Gasteiger partial charge >= 0.3 is 0 Å². The zero-order chi connectivity index (χ0) is 23.2. The number of nitrogens with two attached hydrogens (primary N) is 1. The van der Waals surface area contributed by atoms with Crippen molar-refractivity contribution in [3.05, 3.63) is 77.7 Å². The molecule has 2 aromatic carbocycles. The van der Waals surface area contributed by atoms with Crippen LogP contribution in [0.5, 0.6) is 11.6 Å². The molecule has 0 saturated heterocycles. The van der Waals surface area contributed by atoms with E-state index < -0.39 is 11.7 Å². The van der Waals surface area contributed by atoms with E-state index in [4.69, 9.17) is 15.6 Å². The van der Waals surface area contributed by atoms with Crippen molar-refractivity contribution in [2.45, 2.75) is 44.2 Å². The highest BCUT2D eigenvalue weighted by Gasteiger charge is 2.23. The summed E-state index contributed by atoms with van der Waals surface area (Å²) < 4.78 is 19.8. The minimum absolute atomic E-state index is 0. The summed E-state index contributed by atoms with van der Waals surface area (Å²) >= 11 is 0. The largest absolute Gasteiger partial charge is 0.438 e. The molecule has 1 saturated carbocycles. The number of hydrogen-bond acceptors (Lipinski definition) is 5. The van der Waals surface area contributed by atoms with Crippen molar-refractivity contribution in [2.75, 3.05) is 6.61 Å². The second-order valence-electron chi connectivity index (χ2n) is 8.39. The van der Waals surface area contributed by atoms with Crippen molar-refractivity contribution in [1.29, 1.82) is 0 Å². The number of nitrogens with zero attached hydrogens (tertiary/aromatic N) is 1. The van der Waals surface area contributed by atoms with Gasteiger partial charge in [-0.3, -0.25) is 4.79 Å². The van der Waals surface area contributed by atoms with Crippen molar-refractivity contribution in [3.8, 4) is 22.8 Å². The van der Waals surface area contributed by atoms with Gasteiger partial charge in [0.05, 0.1) is 6.20 Å². The van der Waals surface area contributed by atoms with E-state index in [1.165, 1.54) is 0 Å². The molecule has 8 heteroatoms. The summed E-state index contributed by atoms with van der Waals surface area (Å²) in [4.78, 5) is 16.9. The molecule has 0 unspecified atom stereocenters. The molecule has 0 aliphatic heterocycles. The molecule has 1 fully saturated rings. The first-order chi connectivity index (χ1) is 16.0. The number of halogens is 2. The number of aromatic nitrogens is 1. The van der Waals surface area contributed by atoms with Crippen molar-refractivity contribution < 1.29 is 19.0 Å². The summed E-state index contributed by atoms with van der Waals surface area (Å²) in [5.41, 5.74) is 8.97. The van der Waals surface area contributed by atoms with Crippen LogP contribution in [0.1, 0.15) is 41.6 Å². The fourth-order valence-electron chi connectivity index (χ4n) is 4.04. The Morgan fingerprint density at radius 2 is 1.82 bits per heavy atom. The zero-order valence-electron chi connectivity index (χ0n) is 18.7. The van der Waals surface area contributed by atoms with Crippen LogP contribution in [0.25, 0.3) is 11.1 Å². The summed E-state index contributed by atoms with van der Waals surface area (Å²) in [6.07, 6.45) is 4.94. The molecule has 4 N–H and O–H groups in total. The fraction of sp³-hybridized carbons (Fsp3) is 0.308. The molecule has 1 amide bonds. The lowest BCUT2D eigenvalue weighted by Crippen LogP contribution is -2.40. The molecule has 180 valence electrons. The summed E-state index contributed by atoms with van der Waals surface area (Å²) in [6.45, 7) is 0.109. The predicted molar refractivity (Wildman–Crippen MR) is 132 cm³/mol. The van der Waals surface area contributed by atoms with Gasteiger partial charge in [0.25, 0.3) is 5.91 Å². The van der Waals surface area contributed by atoms with E-state index in [-0.39, 0.29) is 42.5 Å². The van der Waals surface area contributed by atoms with Crippen LogP contribution in [0.15, 0.2) is 60.8 Å². The topological polar surface area (TPSA) is 97.5 Å². The molecule has 3 aromatic rings. The van der Waals surface area contributed by atoms with E-state index in [9.17, 15) is 9.18 Å². The van der Waals surface area contributed by atoms with Crippen LogP contribution in [0.3, 0.4) is 0 Å². The molecule has 0 bridgehead atoms. The Hall–Kier alpha value is -3.00. The molecular weight excluding hydrogens is 457 g/mol. The molecule has 4 rings (SSSR count). The highest BCUT2D eigenvalue weighted by Crippen LogP contribution is 2.29. The average Bonchev–Trinajstić information content (AvgIpc) is 2.82. The van der Waals surface area contributed by atoms with Crippen LogP contribution in [-0.4, -0.2) is 34.7 Å². The Morgan fingerprint density at radius 1 is 1.09 bits per heavy atom. The zero-order valence-corrected chi connectivity index (χ0v) is 19.6. The van der Waals surface area contributed by atoms with E-state index in [2.05, 4.69) is 10.3 Å². The maximum absolute atomic E-state index is 13.9. The number of aliphatic hydroxyl groups is 1.